The number of hydrogen-bond donors (Lipinski definition) is 2. The van der Waals surface area contributed by atoms with Crippen LogP contribution >= 0.6 is 0 Å². The molecule has 0 aliphatic rings. The van der Waals surface area contributed by atoms with Crippen molar-refractivity contribution in [3.05, 3.63) is 130 Å². The third-order valence-corrected chi connectivity index (χ3v) is 6.85. The fourth-order valence-electron chi connectivity index (χ4n) is 4.21. The maximum atomic E-state index is 11.5. The van der Waals surface area contributed by atoms with Crippen LogP contribution in [0, 0.1) is 0 Å². The molecule has 7 heteroatoms. The normalized spacial score (nSPS) is 11.0. The van der Waals surface area contributed by atoms with Gasteiger partial charge in [-0.3, -0.25) is 0 Å². The van der Waals surface area contributed by atoms with Crippen molar-refractivity contribution in [2.45, 2.75) is 38.5 Å². The van der Waals surface area contributed by atoms with Gasteiger partial charge in [-0.2, -0.15) is 0 Å². The number of carboxylic acids is 2. The van der Waals surface area contributed by atoms with E-state index in [1.807, 2.05) is 88.4 Å². The summed E-state index contributed by atoms with van der Waals surface area (Å²) in [6, 6.07) is 28.6. The Labute approximate surface area is 241 Å². The van der Waals surface area contributed by atoms with Crippen LogP contribution in [-0.4, -0.2) is 22.2 Å². The van der Waals surface area contributed by atoms with Crippen LogP contribution in [0.3, 0.4) is 0 Å². The molecule has 0 aliphatic carbocycles. The van der Waals surface area contributed by atoms with Crippen molar-refractivity contribution in [2.75, 3.05) is 0 Å². The van der Waals surface area contributed by atoms with Crippen LogP contribution in [0.2, 0.25) is 0 Å². The van der Waals surface area contributed by atoms with Gasteiger partial charge in [-0.15, -0.1) is 0 Å². The fraction of sp³-hybridized carbons (Fsp3) is 0.188. The minimum Gasteiger partial charge on any atom is -0.872 e. The summed E-state index contributed by atoms with van der Waals surface area (Å²) in [5, 5.41) is 41.0. The van der Waals surface area contributed by atoms with E-state index >= 15 is 0 Å². The van der Waals surface area contributed by atoms with Gasteiger partial charge in [0.05, 0.1) is 11.1 Å². The molecule has 6 nitrogen and oxygen atoms in total. The minimum absolute atomic E-state index is 0. The van der Waals surface area contributed by atoms with Crippen LogP contribution in [0.5, 0.6) is 11.5 Å². The molecule has 4 rings (SSSR count). The Morgan fingerprint density at radius 1 is 0.538 bits per heavy atom. The molecular weight excluding hydrogens is 546 g/mol. The van der Waals surface area contributed by atoms with E-state index in [0.29, 0.717) is 0 Å². The van der Waals surface area contributed by atoms with Gasteiger partial charge in [0.2, 0.25) is 0 Å². The Kier molecular flexibility index (Phi) is 10.2. The standard InChI is InChI=1S/2C16H16O3.Zn/c2*1-16(2,11-6-4-3-5-7-11)12-8-9-14(17)13(10-12)15(18)19;/h2*3-10,17H,1-2H3,(H,18,19);/q;;+2/p-2. The van der Waals surface area contributed by atoms with Crippen LogP contribution in [0.4, 0.5) is 0 Å². The molecule has 0 aromatic heterocycles. The topological polar surface area (TPSA) is 121 Å². The van der Waals surface area contributed by atoms with Gasteiger partial charge in [-0.25, -0.2) is 9.59 Å². The third-order valence-electron chi connectivity index (χ3n) is 6.85. The maximum absolute atomic E-state index is 11.5. The van der Waals surface area contributed by atoms with Crippen molar-refractivity contribution in [1.82, 2.24) is 0 Å². The van der Waals surface area contributed by atoms with Gasteiger partial charge in [0, 0.05) is 10.8 Å². The first-order chi connectivity index (χ1) is 17.9. The summed E-state index contributed by atoms with van der Waals surface area (Å²) in [6.45, 7) is 8.03. The molecule has 196 valence electrons. The van der Waals surface area contributed by atoms with E-state index in [2.05, 4.69) is 0 Å². The van der Waals surface area contributed by atoms with Gasteiger partial charge in [-0.05, 0) is 34.4 Å². The molecule has 0 fully saturated rings. The summed E-state index contributed by atoms with van der Waals surface area (Å²) in [4.78, 5) is 22.1. The van der Waals surface area contributed by atoms with Crippen molar-refractivity contribution in [1.29, 1.82) is 0 Å². The number of carbonyl (C=O) groups is 2. The van der Waals surface area contributed by atoms with E-state index in [9.17, 15) is 19.8 Å². The van der Waals surface area contributed by atoms with Crippen molar-refractivity contribution in [2.24, 2.45) is 0 Å². The molecule has 39 heavy (non-hydrogen) atoms. The summed E-state index contributed by atoms with van der Waals surface area (Å²) in [6.07, 6.45) is 0. The number of aromatic carboxylic acids is 2. The molecule has 0 atom stereocenters. The minimum atomic E-state index is -1.18. The van der Waals surface area contributed by atoms with Gasteiger partial charge in [0.1, 0.15) is 0 Å². The van der Waals surface area contributed by atoms with Gasteiger partial charge in [0.25, 0.3) is 0 Å². The Hall–Kier alpha value is -3.96. The quantitative estimate of drug-likeness (QED) is 0.290. The van der Waals surface area contributed by atoms with Gasteiger partial charge >= 0.3 is 31.4 Å². The van der Waals surface area contributed by atoms with E-state index in [0.717, 1.165) is 22.3 Å². The Morgan fingerprint density at radius 2 is 0.846 bits per heavy atom. The van der Waals surface area contributed by atoms with E-state index in [4.69, 9.17) is 10.2 Å². The fourth-order valence-corrected chi connectivity index (χ4v) is 4.21. The molecule has 0 radical (unpaired) electrons. The second-order valence-corrected chi connectivity index (χ2v) is 10.0. The van der Waals surface area contributed by atoms with Gasteiger partial charge < -0.3 is 20.4 Å². The van der Waals surface area contributed by atoms with Crippen molar-refractivity contribution >= 4 is 11.9 Å². The summed E-state index contributed by atoms with van der Waals surface area (Å²) in [7, 11) is 0. The molecule has 4 aromatic carbocycles. The Balaban J connectivity index is 0.000000267. The predicted molar refractivity (Wildman–Crippen MR) is 143 cm³/mol. The van der Waals surface area contributed by atoms with Crippen LogP contribution in [0.1, 0.15) is 70.7 Å². The van der Waals surface area contributed by atoms with Crippen LogP contribution in [-0.2, 0) is 30.3 Å². The molecule has 4 aromatic rings. The largest absolute Gasteiger partial charge is 2.00 e. The number of hydrogen-bond acceptors (Lipinski definition) is 4. The first kappa shape index (κ1) is 31.3. The third kappa shape index (κ3) is 7.12. The van der Waals surface area contributed by atoms with Crippen LogP contribution in [0.25, 0.3) is 0 Å². The summed E-state index contributed by atoms with van der Waals surface area (Å²) in [5.74, 6) is -3.29. The average molecular weight is 576 g/mol. The zero-order valence-corrected chi connectivity index (χ0v) is 25.4. The van der Waals surface area contributed by atoms with Crippen LogP contribution in [0.15, 0.2) is 97.1 Å². The van der Waals surface area contributed by atoms with E-state index in [-0.39, 0.29) is 41.4 Å². The van der Waals surface area contributed by atoms with Gasteiger partial charge in [0.15, 0.2) is 0 Å². The summed E-state index contributed by atoms with van der Waals surface area (Å²) < 4.78 is 0. The SMILES string of the molecule is CC(C)(c1ccccc1)c1ccc([O-])c(C(=O)O)c1.CC(C)(c1ccccc1)c1ccc([O-])c(C(=O)O)c1.[Zn+2]. The zero-order valence-electron chi connectivity index (χ0n) is 22.5. The van der Waals surface area contributed by atoms with Crippen molar-refractivity contribution in [3.8, 4) is 11.5 Å². The predicted octanol–water partition coefficient (Wildman–Crippen LogP) is 5.57. The molecule has 0 aliphatic heterocycles. The Bertz CT molecular complexity index is 1320. The van der Waals surface area contributed by atoms with Crippen molar-refractivity contribution in [3.63, 3.8) is 0 Å². The number of carboxylic acid groups (broad SMARTS) is 2. The van der Waals surface area contributed by atoms with Crippen LogP contribution < -0.4 is 10.2 Å². The second kappa shape index (κ2) is 12.7. The summed E-state index contributed by atoms with van der Waals surface area (Å²) >= 11 is 0. The van der Waals surface area contributed by atoms with E-state index in [1.54, 1.807) is 12.1 Å². The smallest absolute Gasteiger partial charge is 0.872 e. The van der Waals surface area contributed by atoms with Gasteiger partial charge in [-0.1, -0.05) is 124 Å². The number of benzene rings is 4. The van der Waals surface area contributed by atoms with E-state index < -0.39 is 23.4 Å². The average Bonchev–Trinajstić information content (AvgIpc) is 2.90. The molecule has 0 bridgehead atoms. The Morgan fingerprint density at radius 3 is 1.13 bits per heavy atom. The molecule has 0 saturated heterocycles. The number of rotatable bonds is 6. The molecule has 0 amide bonds. The maximum Gasteiger partial charge on any atom is 2.00 e. The zero-order chi connectivity index (χ0) is 28.1. The molecule has 0 unspecified atom stereocenters. The monoisotopic (exact) mass is 574 g/mol. The molecular formula is C32H30O6Zn. The first-order valence-electron chi connectivity index (χ1n) is 12.1. The molecule has 0 spiro atoms. The second-order valence-electron chi connectivity index (χ2n) is 10.0. The molecule has 2 N–H and O–H groups in total. The molecule has 0 saturated carbocycles. The summed E-state index contributed by atoms with van der Waals surface area (Å²) in [5.41, 5.74) is 2.72. The van der Waals surface area contributed by atoms with E-state index in [1.165, 1.54) is 24.3 Å². The first-order valence-corrected chi connectivity index (χ1v) is 12.1. The van der Waals surface area contributed by atoms with Crippen molar-refractivity contribution < 1.29 is 49.5 Å². The molecule has 0 heterocycles.